The van der Waals surface area contributed by atoms with E-state index in [0.717, 1.165) is 15.9 Å². The van der Waals surface area contributed by atoms with E-state index in [9.17, 15) is 14.4 Å². The maximum atomic E-state index is 10.7. The summed E-state index contributed by atoms with van der Waals surface area (Å²) >= 11 is 0. The molecule has 0 aliphatic heterocycles. The molecular weight excluding hydrogens is 463 g/mol. The molecule has 176 valence electrons. The Balaban J connectivity index is 1.89. The Morgan fingerprint density at radius 2 is 0.735 bits per heavy atom. The van der Waals surface area contributed by atoms with Gasteiger partial charge in [-0.25, -0.2) is 14.4 Å². The third-order valence-electron chi connectivity index (χ3n) is 4.37. The molecule has 0 radical (unpaired) electrons. The van der Waals surface area contributed by atoms with Gasteiger partial charge in [0, 0.05) is 0 Å². The Kier molecular flexibility index (Phi) is 8.43. The summed E-state index contributed by atoms with van der Waals surface area (Å²) in [5.41, 5.74) is 0. The zero-order valence-corrected chi connectivity index (χ0v) is 18.7. The van der Waals surface area contributed by atoms with E-state index < -0.39 is 45.7 Å². The molecular formula is C24H21O9P. The quantitative estimate of drug-likeness (QED) is 0.329. The van der Waals surface area contributed by atoms with E-state index in [4.69, 9.17) is 29.5 Å². The van der Waals surface area contributed by atoms with Crippen LogP contribution in [0.2, 0.25) is 0 Å². The van der Waals surface area contributed by atoms with Gasteiger partial charge in [0.05, 0.1) is 0 Å². The van der Waals surface area contributed by atoms with Gasteiger partial charge in [-0.1, -0.05) is 36.4 Å². The van der Waals surface area contributed by atoms with E-state index in [1.807, 2.05) is 36.4 Å². The van der Waals surface area contributed by atoms with Crippen molar-refractivity contribution in [2.45, 2.75) is 0 Å². The number of benzene rings is 3. The van der Waals surface area contributed by atoms with E-state index >= 15 is 0 Å². The molecule has 10 heteroatoms. The minimum absolute atomic E-state index is 0.427. The average Bonchev–Trinajstić information content (AvgIpc) is 2.82. The first kappa shape index (κ1) is 24.5. The Labute approximate surface area is 195 Å². The minimum atomic E-state index is -1.07. The molecule has 0 unspecified atom stereocenters. The highest BCUT2D eigenvalue weighted by molar-refractivity contribution is 7.79. The van der Waals surface area contributed by atoms with Crippen LogP contribution in [0.5, 0.6) is 17.2 Å². The first-order valence-corrected chi connectivity index (χ1v) is 11.3. The lowest BCUT2D eigenvalue weighted by Crippen LogP contribution is -2.21. The maximum absolute atomic E-state index is 10.7. The van der Waals surface area contributed by atoms with E-state index in [2.05, 4.69) is 0 Å². The van der Waals surface area contributed by atoms with Gasteiger partial charge in [-0.3, -0.25) is 0 Å². The molecule has 0 fully saturated rings. The summed E-state index contributed by atoms with van der Waals surface area (Å²) in [5.74, 6) is -1.92. The van der Waals surface area contributed by atoms with Gasteiger partial charge >= 0.3 is 17.9 Å². The summed E-state index contributed by atoms with van der Waals surface area (Å²) in [7, 11) is -1.06. The Hall–Kier alpha value is -4.10. The van der Waals surface area contributed by atoms with Gasteiger partial charge in [0.1, 0.15) is 17.2 Å². The molecule has 0 bridgehead atoms. The third kappa shape index (κ3) is 7.21. The van der Waals surface area contributed by atoms with Gasteiger partial charge < -0.3 is 29.5 Å². The summed E-state index contributed by atoms with van der Waals surface area (Å²) in [6.45, 7) is -1.32. The van der Waals surface area contributed by atoms with Crippen molar-refractivity contribution in [3.05, 3.63) is 72.8 Å². The molecule has 0 aromatic heterocycles. The van der Waals surface area contributed by atoms with Gasteiger partial charge in [-0.15, -0.1) is 0 Å². The van der Waals surface area contributed by atoms with Crippen LogP contribution in [0, 0.1) is 0 Å². The first-order chi connectivity index (χ1) is 16.3. The summed E-state index contributed by atoms with van der Waals surface area (Å²) in [6, 6.07) is 21.3. The molecule has 0 aliphatic rings. The summed E-state index contributed by atoms with van der Waals surface area (Å²) in [6.07, 6.45) is 0. The summed E-state index contributed by atoms with van der Waals surface area (Å²) in [4.78, 5) is 32.2. The van der Waals surface area contributed by atoms with Crippen molar-refractivity contribution in [1.82, 2.24) is 0 Å². The van der Waals surface area contributed by atoms with Gasteiger partial charge in [0.2, 0.25) is 0 Å². The molecule has 3 aromatic rings. The molecule has 0 heterocycles. The number of aliphatic carboxylic acids is 3. The molecule has 3 aromatic carbocycles. The smallest absolute Gasteiger partial charge is 0.341 e. The number of ether oxygens (including phenoxy) is 3. The number of carbonyl (C=O) groups is 3. The highest BCUT2D eigenvalue weighted by atomic mass is 31.1. The maximum Gasteiger partial charge on any atom is 0.341 e. The normalized spacial score (nSPS) is 10.5. The standard InChI is InChI=1S/C24H21O9P/c25-22(26)13-31-16-1-7-19(8-2-16)34(20-9-3-17(4-10-20)32-14-23(27)28)21-11-5-18(6-12-21)33-15-24(29)30/h1-12H,13-15H2,(H,25,26)(H,27,28)(H,29,30). The lowest BCUT2D eigenvalue weighted by atomic mass is 10.3. The highest BCUT2D eigenvalue weighted by Gasteiger charge is 2.17. The van der Waals surface area contributed by atoms with Crippen molar-refractivity contribution < 1.29 is 43.9 Å². The van der Waals surface area contributed by atoms with Gasteiger partial charge in [0.15, 0.2) is 19.8 Å². The van der Waals surface area contributed by atoms with E-state index in [1.165, 1.54) is 0 Å². The third-order valence-corrected chi connectivity index (χ3v) is 6.82. The molecule has 0 spiro atoms. The minimum Gasteiger partial charge on any atom is -0.482 e. The second kappa shape index (κ2) is 11.7. The van der Waals surface area contributed by atoms with Crippen molar-refractivity contribution in [3.63, 3.8) is 0 Å². The first-order valence-electron chi connectivity index (χ1n) is 9.96. The van der Waals surface area contributed by atoms with Gasteiger partial charge in [0.25, 0.3) is 0 Å². The van der Waals surface area contributed by atoms with Crippen LogP contribution in [0.1, 0.15) is 0 Å². The van der Waals surface area contributed by atoms with Crippen LogP contribution in [-0.4, -0.2) is 53.0 Å². The van der Waals surface area contributed by atoms with Crippen molar-refractivity contribution in [1.29, 1.82) is 0 Å². The Morgan fingerprint density at radius 1 is 0.500 bits per heavy atom. The second-order valence-electron chi connectivity index (χ2n) is 6.86. The van der Waals surface area contributed by atoms with Crippen molar-refractivity contribution >= 4 is 41.7 Å². The van der Waals surface area contributed by atoms with Crippen LogP contribution >= 0.6 is 7.92 Å². The summed E-state index contributed by atoms with van der Waals surface area (Å²) < 4.78 is 15.6. The average molecular weight is 484 g/mol. The Morgan fingerprint density at radius 3 is 0.941 bits per heavy atom. The number of rotatable bonds is 12. The second-order valence-corrected chi connectivity index (χ2v) is 9.08. The lowest BCUT2D eigenvalue weighted by molar-refractivity contribution is -0.140. The largest absolute Gasteiger partial charge is 0.482 e. The zero-order chi connectivity index (χ0) is 24.5. The molecule has 3 N–H and O–H groups in total. The van der Waals surface area contributed by atoms with Crippen molar-refractivity contribution in [2.24, 2.45) is 0 Å². The van der Waals surface area contributed by atoms with Crippen molar-refractivity contribution in [3.8, 4) is 17.2 Å². The monoisotopic (exact) mass is 484 g/mol. The molecule has 9 nitrogen and oxygen atoms in total. The zero-order valence-electron chi connectivity index (χ0n) is 17.8. The number of carboxylic acid groups (broad SMARTS) is 3. The predicted octanol–water partition coefficient (Wildman–Crippen LogP) is 1.83. The highest BCUT2D eigenvalue weighted by Crippen LogP contribution is 2.34. The summed E-state index contributed by atoms with van der Waals surface area (Å²) in [5, 5.41) is 29.2. The van der Waals surface area contributed by atoms with Crippen LogP contribution in [0.25, 0.3) is 0 Å². The van der Waals surface area contributed by atoms with Crippen LogP contribution < -0.4 is 30.1 Å². The molecule has 34 heavy (non-hydrogen) atoms. The van der Waals surface area contributed by atoms with E-state index in [0.29, 0.717) is 17.2 Å². The fourth-order valence-electron chi connectivity index (χ4n) is 2.96. The molecule has 0 saturated heterocycles. The molecule has 0 saturated carbocycles. The fraction of sp³-hybridized carbons (Fsp3) is 0.125. The number of hydrogen-bond acceptors (Lipinski definition) is 6. The lowest BCUT2D eigenvalue weighted by Gasteiger charge is -2.20. The van der Waals surface area contributed by atoms with E-state index in [1.54, 1.807) is 36.4 Å². The SMILES string of the molecule is O=C(O)COc1ccc(P(c2ccc(OCC(=O)O)cc2)c2ccc(OCC(=O)O)cc2)cc1. The van der Waals surface area contributed by atoms with E-state index in [-0.39, 0.29) is 0 Å². The van der Waals surface area contributed by atoms with Crippen molar-refractivity contribution in [2.75, 3.05) is 19.8 Å². The number of hydrogen-bond donors (Lipinski definition) is 3. The molecule has 0 atom stereocenters. The molecule has 3 rings (SSSR count). The van der Waals surface area contributed by atoms with Crippen LogP contribution in [0.3, 0.4) is 0 Å². The number of carboxylic acids is 3. The van der Waals surface area contributed by atoms with Gasteiger partial charge in [-0.2, -0.15) is 0 Å². The van der Waals surface area contributed by atoms with Crippen LogP contribution in [-0.2, 0) is 14.4 Å². The van der Waals surface area contributed by atoms with Crippen LogP contribution in [0.15, 0.2) is 72.8 Å². The fourth-order valence-corrected chi connectivity index (χ4v) is 5.19. The molecule has 0 aliphatic carbocycles. The molecule has 0 amide bonds. The predicted molar refractivity (Wildman–Crippen MR) is 125 cm³/mol. The Bertz CT molecular complexity index is 980. The van der Waals surface area contributed by atoms with Gasteiger partial charge in [-0.05, 0) is 60.2 Å². The topological polar surface area (TPSA) is 140 Å². The van der Waals surface area contributed by atoms with Crippen LogP contribution in [0.4, 0.5) is 0 Å².